The number of methoxy groups -OCH3 is 1. The zero-order valence-electron chi connectivity index (χ0n) is 34.7. The average Bonchev–Trinajstić information content (AvgIpc) is 3.79. The van der Waals surface area contributed by atoms with Crippen LogP contribution in [0.25, 0.3) is 0 Å². The molecular formula is C42H75N5O7. The molecule has 0 aromatic heterocycles. The summed E-state index contributed by atoms with van der Waals surface area (Å²) in [6.07, 6.45) is 7.80. The molecule has 2 bridgehead atoms. The van der Waals surface area contributed by atoms with E-state index in [9.17, 15) is 24.9 Å². The molecule has 310 valence electrons. The van der Waals surface area contributed by atoms with E-state index in [-0.39, 0.29) is 66.3 Å². The number of hydrogen-bond acceptors (Lipinski definition) is 10. The molecule has 5 N–H and O–H groups in total. The van der Waals surface area contributed by atoms with Crippen molar-refractivity contribution in [2.75, 3.05) is 54.0 Å². The molecule has 0 radical (unpaired) electrons. The Morgan fingerprint density at radius 2 is 1.72 bits per heavy atom. The highest BCUT2D eigenvalue weighted by molar-refractivity contribution is 5.83. The molecule has 2 saturated heterocycles. The van der Waals surface area contributed by atoms with Gasteiger partial charge in [-0.1, -0.05) is 27.2 Å². The van der Waals surface area contributed by atoms with E-state index in [4.69, 9.17) is 9.57 Å². The highest BCUT2D eigenvalue weighted by Gasteiger charge is 2.58. The molecule has 54 heavy (non-hydrogen) atoms. The number of nitrogens with one attached hydrogen (secondary N) is 2. The van der Waals surface area contributed by atoms with Crippen molar-refractivity contribution in [2.45, 2.75) is 147 Å². The molecule has 2 amide bonds. The zero-order valence-corrected chi connectivity index (χ0v) is 34.7. The molecule has 12 nitrogen and oxygen atoms in total. The number of nitrogens with zero attached hydrogens (tertiary/aromatic N) is 3. The molecule has 2 aliphatic heterocycles. The topological polar surface area (TPSA) is 147 Å². The third-order valence-electron chi connectivity index (χ3n) is 15.7. The molecule has 0 aromatic rings. The maximum Gasteiger partial charge on any atom is 0.240 e. The summed E-state index contributed by atoms with van der Waals surface area (Å²) in [6.45, 7) is 13.4. The number of rotatable bonds is 14. The Morgan fingerprint density at radius 3 is 2.31 bits per heavy atom. The predicted octanol–water partition coefficient (Wildman–Crippen LogP) is 2.89. The van der Waals surface area contributed by atoms with E-state index in [1.54, 1.807) is 26.0 Å². The van der Waals surface area contributed by atoms with Crippen LogP contribution in [0.15, 0.2) is 0 Å². The van der Waals surface area contributed by atoms with E-state index in [1.807, 2.05) is 0 Å². The van der Waals surface area contributed by atoms with Crippen LogP contribution in [0, 0.1) is 52.8 Å². The summed E-state index contributed by atoms with van der Waals surface area (Å²) >= 11 is 0. The summed E-state index contributed by atoms with van der Waals surface area (Å²) in [5, 5.41) is 40.5. The monoisotopic (exact) mass is 762 g/mol. The summed E-state index contributed by atoms with van der Waals surface area (Å²) < 4.78 is 6.40. The number of aliphatic hydroxyl groups is 3. The van der Waals surface area contributed by atoms with Gasteiger partial charge in [-0.3, -0.25) is 14.4 Å². The number of hydroxylamine groups is 2. The Labute approximate surface area is 325 Å². The van der Waals surface area contributed by atoms with Crippen LogP contribution in [0.3, 0.4) is 0 Å². The third-order valence-corrected chi connectivity index (χ3v) is 15.7. The summed E-state index contributed by atoms with van der Waals surface area (Å²) in [5.41, 5.74) is 0.308. The maximum atomic E-state index is 14.3. The maximum absolute atomic E-state index is 14.3. The molecule has 7 rings (SSSR count). The number of aliphatic hydroxyl groups excluding tert-OH is 3. The number of carbonyl (C=O) groups is 2. The largest absolute Gasteiger partial charge is 0.394 e. The lowest BCUT2D eigenvalue weighted by Gasteiger charge is -2.62. The second-order valence-corrected chi connectivity index (χ2v) is 19.5. The minimum Gasteiger partial charge on any atom is -0.394 e. The van der Waals surface area contributed by atoms with E-state index in [1.165, 1.54) is 19.3 Å². The summed E-state index contributed by atoms with van der Waals surface area (Å²) in [7, 11) is 6.00. The second-order valence-electron chi connectivity index (χ2n) is 19.5. The minimum atomic E-state index is -0.839. The van der Waals surface area contributed by atoms with Gasteiger partial charge in [0.2, 0.25) is 11.8 Å². The van der Waals surface area contributed by atoms with E-state index in [0.717, 1.165) is 58.0 Å². The molecule has 16 atom stereocenters. The van der Waals surface area contributed by atoms with Crippen LogP contribution in [0.4, 0.5) is 0 Å². The van der Waals surface area contributed by atoms with Gasteiger partial charge >= 0.3 is 0 Å². The van der Waals surface area contributed by atoms with Crippen LogP contribution in [-0.4, -0.2) is 145 Å². The van der Waals surface area contributed by atoms with Crippen LogP contribution in [0.2, 0.25) is 0 Å². The van der Waals surface area contributed by atoms with Gasteiger partial charge in [-0.25, -0.2) is 0 Å². The van der Waals surface area contributed by atoms with Gasteiger partial charge < -0.3 is 40.5 Å². The SMILES string of the molecule is COC1C(CN2O[C@@H](CO)[C@H]([C@H](C)O)[C@H]2C(=O)N[C@H]2C[C@H]3C[C@@H]([C@@H]2C)C3(C)C)CCCC1C1CC(C(=O)N[C@H](CN2CCCC2)[C@@H](C)O)CC(N(C)C)C1. The number of fused-ring (bicyclic) bond motifs is 2. The zero-order chi connectivity index (χ0) is 39.1. The molecule has 5 saturated carbocycles. The van der Waals surface area contributed by atoms with Crippen molar-refractivity contribution in [3.05, 3.63) is 0 Å². The van der Waals surface area contributed by atoms with Crippen LogP contribution >= 0.6 is 0 Å². The van der Waals surface area contributed by atoms with E-state index >= 15 is 0 Å². The Balaban J connectivity index is 1.16. The lowest BCUT2D eigenvalue weighted by molar-refractivity contribution is -0.193. The van der Waals surface area contributed by atoms with Gasteiger partial charge in [-0.15, -0.1) is 0 Å². The highest BCUT2D eigenvalue weighted by Crippen LogP contribution is 2.61. The quantitative estimate of drug-likeness (QED) is 0.179. The number of likely N-dealkylation sites (tertiary alicyclic amines) is 1. The molecular weight excluding hydrogens is 686 g/mol. The highest BCUT2D eigenvalue weighted by atomic mass is 16.7. The van der Waals surface area contributed by atoms with Crippen LogP contribution in [0.1, 0.15) is 98.8 Å². The Hall–Kier alpha value is -1.38. The van der Waals surface area contributed by atoms with Gasteiger partial charge in [0, 0.05) is 50.0 Å². The van der Waals surface area contributed by atoms with Crippen molar-refractivity contribution in [3.63, 3.8) is 0 Å². The number of hydrogen-bond donors (Lipinski definition) is 5. The molecule has 7 aliphatic rings. The first-order chi connectivity index (χ1) is 25.6. The normalized spacial score (nSPS) is 41.6. The van der Waals surface area contributed by atoms with Gasteiger partial charge in [0.1, 0.15) is 12.1 Å². The van der Waals surface area contributed by atoms with Crippen LogP contribution < -0.4 is 10.6 Å². The lowest BCUT2D eigenvalue weighted by Crippen LogP contribution is -2.62. The number of carbonyl (C=O) groups excluding carboxylic acids is 2. The summed E-state index contributed by atoms with van der Waals surface area (Å²) in [4.78, 5) is 39.3. The van der Waals surface area contributed by atoms with E-state index < -0.39 is 30.3 Å². The van der Waals surface area contributed by atoms with Crippen molar-refractivity contribution >= 4 is 11.8 Å². The molecule has 12 heteroatoms. The number of amides is 2. The van der Waals surface area contributed by atoms with Crippen LogP contribution in [0.5, 0.6) is 0 Å². The van der Waals surface area contributed by atoms with Gasteiger partial charge in [0.05, 0.1) is 31.0 Å². The lowest BCUT2D eigenvalue weighted by atomic mass is 9.45. The van der Waals surface area contributed by atoms with Gasteiger partial charge in [0.15, 0.2) is 0 Å². The average molecular weight is 762 g/mol. The fourth-order valence-electron chi connectivity index (χ4n) is 12.3. The molecule has 6 unspecified atom stereocenters. The first-order valence-corrected chi connectivity index (χ1v) is 21.6. The van der Waals surface area contributed by atoms with Gasteiger partial charge in [-0.05, 0) is 134 Å². The van der Waals surface area contributed by atoms with Crippen molar-refractivity contribution in [2.24, 2.45) is 52.8 Å². The first-order valence-electron chi connectivity index (χ1n) is 21.6. The van der Waals surface area contributed by atoms with Crippen molar-refractivity contribution < 1.29 is 34.5 Å². The first kappa shape index (κ1) is 42.2. The Kier molecular flexibility index (Phi) is 13.8. The smallest absolute Gasteiger partial charge is 0.240 e. The molecule has 5 aliphatic carbocycles. The molecule has 0 aromatic carbocycles. The van der Waals surface area contributed by atoms with E-state index in [0.29, 0.717) is 36.3 Å². The molecule has 7 fully saturated rings. The molecule has 2 heterocycles. The molecule has 0 spiro atoms. The second kappa shape index (κ2) is 17.6. The Bertz CT molecular complexity index is 1260. The predicted molar refractivity (Wildman–Crippen MR) is 208 cm³/mol. The fourth-order valence-corrected chi connectivity index (χ4v) is 12.3. The van der Waals surface area contributed by atoms with Crippen molar-refractivity contribution in [1.82, 2.24) is 25.5 Å². The Morgan fingerprint density at radius 1 is 1.00 bits per heavy atom. The van der Waals surface area contributed by atoms with Crippen LogP contribution in [-0.2, 0) is 19.2 Å². The van der Waals surface area contributed by atoms with Crippen molar-refractivity contribution in [3.8, 4) is 0 Å². The fraction of sp³-hybridized carbons (Fsp3) is 0.952. The van der Waals surface area contributed by atoms with Gasteiger partial charge in [0.25, 0.3) is 0 Å². The third kappa shape index (κ3) is 8.71. The summed E-state index contributed by atoms with van der Waals surface area (Å²) in [5.74, 6) is 1.36. The minimum absolute atomic E-state index is 0.0460. The standard InChI is InChI=1S/C42H75N5O7/c1-24-33-19-30(42(33,4)5)20-34(24)43-41(52)38-37(26(3)50)36(23-48)54-47(38)21-27-12-11-13-32(39(27)53-8)28-16-29(18-31(17-28)45(6)7)40(51)44-35(25(2)49)22-46-14-9-10-15-46/h24-39,48-50H,9-23H2,1-8H3,(H,43,52)(H,44,51)/t24-,25+,26-,27?,28?,29?,30+,31?,32?,33-,34-,35+,36-,37-,38-,39?/m0/s1. The van der Waals surface area contributed by atoms with Crippen molar-refractivity contribution in [1.29, 1.82) is 0 Å². The summed E-state index contributed by atoms with van der Waals surface area (Å²) in [6, 6.07) is -0.673. The number of ether oxygens (including phenoxy) is 1. The van der Waals surface area contributed by atoms with Gasteiger partial charge in [-0.2, -0.15) is 5.06 Å². The van der Waals surface area contributed by atoms with E-state index in [2.05, 4.69) is 55.3 Å².